The molecule has 0 spiro atoms. The van der Waals surface area contributed by atoms with Gasteiger partial charge in [0.15, 0.2) is 5.78 Å². The number of hydrogen-bond acceptors (Lipinski definition) is 3. The van der Waals surface area contributed by atoms with Crippen LogP contribution in [0.3, 0.4) is 0 Å². The summed E-state index contributed by atoms with van der Waals surface area (Å²) >= 11 is 0. The van der Waals surface area contributed by atoms with E-state index in [1.54, 1.807) is 30.3 Å². The van der Waals surface area contributed by atoms with Gasteiger partial charge in [0.2, 0.25) is 6.41 Å². The second-order valence-corrected chi connectivity index (χ2v) is 6.38. The van der Waals surface area contributed by atoms with E-state index in [2.05, 4.69) is 5.32 Å². The Balaban J connectivity index is 1.80. The molecule has 2 N–H and O–H groups in total. The first-order valence-corrected chi connectivity index (χ1v) is 8.38. The maximum atomic E-state index is 13.9. The molecule has 3 rings (SSSR count). The van der Waals surface area contributed by atoms with Crippen LogP contribution in [0.25, 0.3) is 11.1 Å². The van der Waals surface area contributed by atoms with E-state index in [0.29, 0.717) is 30.4 Å². The molecule has 134 valence electrons. The number of amides is 1. The first-order valence-electron chi connectivity index (χ1n) is 8.38. The van der Waals surface area contributed by atoms with Crippen LogP contribution in [0.4, 0.5) is 10.1 Å². The number of Topliss-reactive ketones (excluding diaryl/α,β-unsaturated/α-hetero) is 1. The molecule has 2 aromatic rings. The Hall–Kier alpha value is -3.02. The molecule has 1 amide bonds. The molecule has 0 radical (unpaired) electrons. The normalized spacial score (nSPS) is 19.1. The van der Waals surface area contributed by atoms with Crippen LogP contribution in [0.2, 0.25) is 0 Å². The standard InChI is InChI=1S/C20H18FNO4/c21-17-10-14(8-9-18(17)22-11-23)12-4-6-13(7-5-12)19(24)15-2-1-3-16(15)20(25)26/h4-11,15-16H,1-3H2,(H,22,23)(H,25,26)/t15-,16-/m1/s1. The highest BCUT2D eigenvalue weighted by Crippen LogP contribution is 2.35. The first kappa shape index (κ1) is 17.8. The van der Waals surface area contributed by atoms with Crippen molar-refractivity contribution in [1.29, 1.82) is 0 Å². The lowest BCUT2D eigenvalue weighted by Crippen LogP contribution is -2.25. The molecular formula is C20H18FNO4. The summed E-state index contributed by atoms with van der Waals surface area (Å²) in [7, 11) is 0. The molecule has 2 aromatic carbocycles. The van der Waals surface area contributed by atoms with Crippen molar-refractivity contribution in [1.82, 2.24) is 0 Å². The predicted octanol–water partition coefficient (Wildman–Crippen LogP) is 3.74. The third-order valence-corrected chi connectivity index (χ3v) is 4.86. The van der Waals surface area contributed by atoms with Crippen LogP contribution in [0.15, 0.2) is 42.5 Å². The van der Waals surface area contributed by atoms with Crippen molar-refractivity contribution in [2.45, 2.75) is 19.3 Å². The summed E-state index contributed by atoms with van der Waals surface area (Å²) in [5.41, 5.74) is 1.89. The molecule has 26 heavy (non-hydrogen) atoms. The lowest BCUT2D eigenvalue weighted by molar-refractivity contribution is -0.142. The van der Waals surface area contributed by atoms with E-state index in [4.69, 9.17) is 0 Å². The van der Waals surface area contributed by atoms with Gasteiger partial charge in [-0.15, -0.1) is 0 Å². The highest BCUT2D eigenvalue weighted by molar-refractivity contribution is 6.00. The summed E-state index contributed by atoms with van der Waals surface area (Å²) < 4.78 is 13.9. The van der Waals surface area contributed by atoms with Crippen LogP contribution in [-0.4, -0.2) is 23.3 Å². The van der Waals surface area contributed by atoms with Crippen molar-refractivity contribution >= 4 is 23.9 Å². The molecule has 0 heterocycles. The molecule has 0 bridgehead atoms. The molecule has 1 aliphatic rings. The third kappa shape index (κ3) is 3.49. The highest BCUT2D eigenvalue weighted by Gasteiger charge is 2.37. The number of hydrogen-bond donors (Lipinski definition) is 2. The topological polar surface area (TPSA) is 83.5 Å². The third-order valence-electron chi connectivity index (χ3n) is 4.86. The Labute approximate surface area is 149 Å². The smallest absolute Gasteiger partial charge is 0.307 e. The molecule has 0 saturated heterocycles. The van der Waals surface area contributed by atoms with Crippen molar-refractivity contribution < 1.29 is 23.9 Å². The number of rotatable bonds is 6. The molecular weight excluding hydrogens is 337 g/mol. The average molecular weight is 355 g/mol. The van der Waals surface area contributed by atoms with E-state index >= 15 is 0 Å². The Morgan fingerprint density at radius 2 is 1.69 bits per heavy atom. The zero-order valence-electron chi connectivity index (χ0n) is 13.9. The van der Waals surface area contributed by atoms with E-state index in [-0.39, 0.29) is 11.5 Å². The number of anilines is 1. The van der Waals surface area contributed by atoms with Crippen LogP contribution in [-0.2, 0) is 9.59 Å². The van der Waals surface area contributed by atoms with Crippen molar-refractivity contribution in [2.75, 3.05) is 5.32 Å². The fourth-order valence-corrected chi connectivity index (χ4v) is 3.49. The van der Waals surface area contributed by atoms with Gasteiger partial charge in [-0.2, -0.15) is 0 Å². The van der Waals surface area contributed by atoms with Gasteiger partial charge in [0.05, 0.1) is 11.6 Å². The summed E-state index contributed by atoms with van der Waals surface area (Å²) in [6, 6.07) is 11.1. The molecule has 5 nitrogen and oxygen atoms in total. The monoisotopic (exact) mass is 355 g/mol. The van der Waals surface area contributed by atoms with Gasteiger partial charge >= 0.3 is 5.97 Å². The summed E-state index contributed by atoms with van der Waals surface area (Å²) in [4.78, 5) is 34.3. The Morgan fingerprint density at radius 3 is 2.31 bits per heavy atom. The number of carbonyl (C=O) groups excluding carboxylic acids is 2. The van der Waals surface area contributed by atoms with E-state index in [1.165, 1.54) is 12.1 Å². The molecule has 1 saturated carbocycles. The zero-order chi connectivity index (χ0) is 18.7. The molecule has 0 aliphatic heterocycles. The number of carbonyl (C=O) groups is 3. The Kier molecular flexibility index (Phi) is 5.11. The molecule has 6 heteroatoms. The van der Waals surface area contributed by atoms with Crippen molar-refractivity contribution in [2.24, 2.45) is 11.8 Å². The number of carboxylic acid groups (broad SMARTS) is 1. The highest BCUT2D eigenvalue weighted by atomic mass is 19.1. The van der Waals surface area contributed by atoms with Crippen molar-refractivity contribution in [3.8, 4) is 11.1 Å². The fourth-order valence-electron chi connectivity index (χ4n) is 3.49. The minimum Gasteiger partial charge on any atom is -0.481 e. The van der Waals surface area contributed by atoms with Gasteiger partial charge in [0.25, 0.3) is 0 Å². The van der Waals surface area contributed by atoms with E-state index in [0.717, 1.165) is 12.0 Å². The molecule has 2 atom stereocenters. The van der Waals surface area contributed by atoms with Crippen molar-refractivity contribution in [3.05, 3.63) is 53.8 Å². The lowest BCUT2D eigenvalue weighted by atomic mass is 9.88. The number of benzene rings is 2. The Bertz CT molecular complexity index is 847. The second-order valence-electron chi connectivity index (χ2n) is 6.38. The first-order chi connectivity index (χ1) is 12.5. The van der Waals surface area contributed by atoms with Gasteiger partial charge in [0.1, 0.15) is 5.82 Å². The average Bonchev–Trinajstić information content (AvgIpc) is 3.13. The number of carboxylic acids is 1. The van der Waals surface area contributed by atoms with E-state index in [1.807, 2.05) is 0 Å². The molecule has 1 fully saturated rings. The largest absolute Gasteiger partial charge is 0.481 e. The number of nitrogens with one attached hydrogen (secondary N) is 1. The number of ketones is 1. The van der Waals surface area contributed by atoms with Crippen LogP contribution in [0.1, 0.15) is 29.6 Å². The second kappa shape index (κ2) is 7.47. The lowest BCUT2D eigenvalue weighted by Gasteiger charge is -2.14. The molecule has 0 aromatic heterocycles. The van der Waals surface area contributed by atoms with E-state index in [9.17, 15) is 23.9 Å². The number of aliphatic carboxylic acids is 1. The summed E-state index contributed by atoms with van der Waals surface area (Å²) in [5.74, 6) is -2.72. The minimum absolute atomic E-state index is 0.0940. The summed E-state index contributed by atoms with van der Waals surface area (Å²) in [6.45, 7) is 0. The predicted molar refractivity (Wildman–Crippen MR) is 94.3 cm³/mol. The molecule has 0 unspecified atom stereocenters. The zero-order valence-corrected chi connectivity index (χ0v) is 13.9. The van der Waals surface area contributed by atoms with Gasteiger partial charge in [-0.25, -0.2) is 4.39 Å². The quantitative estimate of drug-likeness (QED) is 0.611. The summed E-state index contributed by atoms with van der Waals surface area (Å²) in [6.07, 6.45) is 2.27. The fraction of sp³-hybridized carbons (Fsp3) is 0.250. The van der Waals surface area contributed by atoms with Crippen LogP contribution < -0.4 is 5.32 Å². The van der Waals surface area contributed by atoms with Crippen molar-refractivity contribution in [3.63, 3.8) is 0 Å². The SMILES string of the molecule is O=CNc1ccc(-c2ccc(C(=O)[C@@H]3CCC[C@H]3C(=O)O)cc2)cc1F. The van der Waals surface area contributed by atoms with Gasteiger partial charge in [-0.3, -0.25) is 14.4 Å². The maximum Gasteiger partial charge on any atom is 0.307 e. The van der Waals surface area contributed by atoms with Gasteiger partial charge in [-0.05, 0) is 36.1 Å². The van der Waals surface area contributed by atoms with Gasteiger partial charge in [-0.1, -0.05) is 36.8 Å². The van der Waals surface area contributed by atoms with Crippen LogP contribution >= 0.6 is 0 Å². The van der Waals surface area contributed by atoms with E-state index < -0.39 is 23.6 Å². The van der Waals surface area contributed by atoms with Crippen LogP contribution in [0, 0.1) is 17.7 Å². The molecule has 1 aliphatic carbocycles. The Morgan fingerprint density at radius 1 is 1.04 bits per heavy atom. The summed E-state index contributed by atoms with van der Waals surface area (Å²) in [5, 5.41) is 11.5. The van der Waals surface area contributed by atoms with Gasteiger partial charge in [0, 0.05) is 11.5 Å². The van der Waals surface area contributed by atoms with Gasteiger partial charge < -0.3 is 10.4 Å². The van der Waals surface area contributed by atoms with Crippen LogP contribution in [0.5, 0.6) is 0 Å². The maximum absolute atomic E-state index is 13.9. The number of halogens is 1. The minimum atomic E-state index is -0.919.